The predicted molar refractivity (Wildman–Crippen MR) is 127 cm³/mol. The van der Waals surface area contributed by atoms with Crippen LogP contribution in [-0.4, -0.2) is 65.5 Å². The van der Waals surface area contributed by atoms with E-state index in [4.69, 9.17) is 4.74 Å². The molecule has 1 fully saturated rings. The normalized spacial score (nSPS) is 17.9. The van der Waals surface area contributed by atoms with Crippen LogP contribution >= 0.6 is 0 Å². The maximum atomic E-state index is 13.1. The lowest BCUT2D eigenvalue weighted by atomic mass is 9.94. The lowest BCUT2D eigenvalue weighted by Crippen LogP contribution is -2.35. The van der Waals surface area contributed by atoms with E-state index in [0.717, 1.165) is 5.56 Å². The molecule has 7 nitrogen and oxygen atoms in total. The number of aliphatic hydroxyl groups is 1. The van der Waals surface area contributed by atoms with Gasteiger partial charge in [-0.05, 0) is 68.4 Å². The molecule has 0 aromatic heterocycles. The minimum absolute atomic E-state index is 0.0414. The van der Waals surface area contributed by atoms with Crippen molar-refractivity contribution in [2.45, 2.75) is 26.8 Å². The zero-order chi connectivity index (χ0) is 24.3. The van der Waals surface area contributed by atoms with E-state index >= 15 is 0 Å². The van der Waals surface area contributed by atoms with Crippen LogP contribution < -0.4 is 4.74 Å². The summed E-state index contributed by atoms with van der Waals surface area (Å²) in [5.41, 5.74) is 1.95. The fourth-order valence-electron chi connectivity index (χ4n) is 3.79. The summed E-state index contributed by atoms with van der Waals surface area (Å²) < 4.78 is 5.81. The topological polar surface area (TPSA) is 90.3 Å². The zero-order valence-electron chi connectivity index (χ0n) is 19.8. The summed E-state index contributed by atoms with van der Waals surface area (Å²) in [5.74, 6) is -0.427. The van der Waals surface area contributed by atoms with Crippen molar-refractivity contribution >= 4 is 17.4 Å². The van der Waals surface area contributed by atoms with Crippen LogP contribution in [0.5, 0.6) is 11.5 Å². The van der Waals surface area contributed by atoms with Crippen molar-refractivity contribution in [1.29, 1.82) is 0 Å². The molecule has 7 heteroatoms. The number of likely N-dealkylation sites (N-methyl/N-ethyl adjacent to an activating group) is 1. The van der Waals surface area contributed by atoms with E-state index in [1.807, 2.05) is 25.9 Å². The third kappa shape index (κ3) is 5.37. The van der Waals surface area contributed by atoms with Crippen LogP contribution in [0.4, 0.5) is 0 Å². The molecule has 0 aliphatic carbocycles. The molecule has 0 radical (unpaired) electrons. The number of nitrogens with zero attached hydrogens (tertiary/aromatic N) is 2. The number of carbonyl (C=O) groups is 2. The number of phenols is 1. The Labute approximate surface area is 194 Å². The maximum absolute atomic E-state index is 13.1. The van der Waals surface area contributed by atoms with Crippen molar-refractivity contribution in [1.82, 2.24) is 9.80 Å². The van der Waals surface area contributed by atoms with Crippen LogP contribution in [0.3, 0.4) is 0 Å². The standard InChI is InChI=1S/C26H32N2O5/c1-16(2)15-33-21-11-8-19(14-17(21)3)24(30)22-23(18-6-9-20(29)10-7-18)28(13-12-27(4)5)26(32)25(22)31/h6-11,14,16,23,29-30H,12-13,15H2,1-5H3/b24-22+/t23-/m1/s1. The second-order valence-corrected chi connectivity index (χ2v) is 9.07. The molecule has 1 aliphatic heterocycles. The third-order valence-electron chi connectivity index (χ3n) is 5.56. The molecule has 0 bridgehead atoms. The van der Waals surface area contributed by atoms with Crippen LogP contribution in [-0.2, 0) is 9.59 Å². The molecule has 1 aliphatic rings. The largest absolute Gasteiger partial charge is 0.508 e. The van der Waals surface area contributed by atoms with Gasteiger partial charge in [0.25, 0.3) is 11.7 Å². The highest BCUT2D eigenvalue weighted by Gasteiger charge is 2.45. The van der Waals surface area contributed by atoms with E-state index in [-0.39, 0.29) is 17.1 Å². The Bertz CT molecular complexity index is 1060. The van der Waals surface area contributed by atoms with Gasteiger partial charge in [0, 0.05) is 18.7 Å². The quantitative estimate of drug-likeness (QED) is 0.360. The van der Waals surface area contributed by atoms with Gasteiger partial charge in [0.05, 0.1) is 18.2 Å². The van der Waals surface area contributed by atoms with Crippen molar-refractivity contribution in [3.05, 3.63) is 64.7 Å². The summed E-state index contributed by atoms with van der Waals surface area (Å²) in [6.07, 6.45) is 0. The van der Waals surface area contributed by atoms with Crippen molar-refractivity contribution in [2.24, 2.45) is 5.92 Å². The van der Waals surface area contributed by atoms with E-state index in [0.29, 0.717) is 42.5 Å². The molecule has 2 N–H and O–H groups in total. The fraction of sp³-hybridized carbons (Fsp3) is 0.385. The van der Waals surface area contributed by atoms with Crippen molar-refractivity contribution in [2.75, 3.05) is 33.8 Å². The fourth-order valence-corrected chi connectivity index (χ4v) is 3.79. The smallest absolute Gasteiger partial charge is 0.295 e. The summed E-state index contributed by atoms with van der Waals surface area (Å²) in [6.45, 7) is 7.45. The molecule has 1 heterocycles. The van der Waals surface area contributed by atoms with Gasteiger partial charge in [-0.3, -0.25) is 9.59 Å². The van der Waals surface area contributed by atoms with E-state index in [9.17, 15) is 19.8 Å². The van der Waals surface area contributed by atoms with Gasteiger partial charge in [-0.2, -0.15) is 0 Å². The molecule has 1 saturated heterocycles. The Hall–Kier alpha value is -3.32. The minimum atomic E-state index is -0.747. The highest BCUT2D eigenvalue weighted by atomic mass is 16.5. The first-order chi connectivity index (χ1) is 15.6. The molecule has 0 saturated carbocycles. The minimum Gasteiger partial charge on any atom is -0.508 e. The molecular formula is C26H32N2O5. The number of aryl methyl sites for hydroxylation is 1. The highest BCUT2D eigenvalue weighted by Crippen LogP contribution is 2.40. The number of amides is 1. The van der Waals surface area contributed by atoms with Crippen LogP contribution in [0.15, 0.2) is 48.0 Å². The number of benzene rings is 2. The number of rotatable bonds is 8. The van der Waals surface area contributed by atoms with Gasteiger partial charge in [0.2, 0.25) is 0 Å². The second kappa shape index (κ2) is 10.1. The van der Waals surface area contributed by atoms with Crippen LogP contribution in [0.1, 0.15) is 36.6 Å². The Balaban J connectivity index is 2.06. The SMILES string of the molecule is Cc1cc(/C(O)=C2\C(=O)C(=O)N(CCN(C)C)[C@@H]2c2ccc(O)cc2)ccc1OCC(C)C. The lowest BCUT2D eigenvalue weighted by molar-refractivity contribution is -0.140. The number of Topliss-reactive ketones (excluding diaryl/α,β-unsaturated/α-hetero) is 1. The summed E-state index contributed by atoms with van der Waals surface area (Å²) in [4.78, 5) is 29.4. The van der Waals surface area contributed by atoms with Gasteiger partial charge >= 0.3 is 0 Å². The number of hydrogen-bond donors (Lipinski definition) is 2. The van der Waals surface area contributed by atoms with Gasteiger partial charge in [0.1, 0.15) is 17.3 Å². The first-order valence-electron chi connectivity index (χ1n) is 11.1. The summed E-state index contributed by atoms with van der Waals surface area (Å²) in [7, 11) is 3.77. The van der Waals surface area contributed by atoms with Crippen LogP contribution in [0.25, 0.3) is 5.76 Å². The number of carbonyl (C=O) groups excluding carboxylic acids is 2. The molecule has 0 spiro atoms. The lowest BCUT2D eigenvalue weighted by Gasteiger charge is -2.26. The average Bonchev–Trinajstić information content (AvgIpc) is 3.01. The number of aliphatic hydroxyl groups excluding tert-OH is 1. The number of ketones is 1. The first kappa shape index (κ1) is 24.3. The molecule has 3 rings (SSSR count). The molecule has 176 valence electrons. The molecule has 1 amide bonds. The Morgan fingerprint density at radius 2 is 1.79 bits per heavy atom. The van der Waals surface area contributed by atoms with Gasteiger partial charge in [-0.25, -0.2) is 0 Å². The predicted octanol–water partition coefficient (Wildman–Crippen LogP) is 3.72. The number of phenolic OH excluding ortho intramolecular Hbond substituents is 1. The molecule has 2 aromatic rings. The monoisotopic (exact) mass is 452 g/mol. The zero-order valence-corrected chi connectivity index (χ0v) is 19.8. The average molecular weight is 453 g/mol. The Morgan fingerprint density at radius 3 is 2.36 bits per heavy atom. The third-order valence-corrected chi connectivity index (χ3v) is 5.56. The maximum Gasteiger partial charge on any atom is 0.295 e. The van der Waals surface area contributed by atoms with Crippen LogP contribution in [0, 0.1) is 12.8 Å². The van der Waals surface area contributed by atoms with E-state index in [1.54, 1.807) is 30.3 Å². The van der Waals surface area contributed by atoms with Crippen molar-refractivity contribution in [3.8, 4) is 11.5 Å². The first-order valence-corrected chi connectivity index (χ1v) is 11.1. The second-order valence-electron chi connectivity index (χ2n) is 9.07. The molecular weight excluding hydrogens is 420 g/mol. The molecule has 0 unspecified atom stereocenters. The van der Waals surface area contributed by atoms with Gasteiger partial charge < -0.3 is 24.7 Å². The molecule has 1 atom stereocenters. The summed E-state index contributed by atoms with van der Waals surface area (Å²) in [6, 6.07) is 10.8. The van der Waals surface area contributed by atoms with Crippen molar-refractivity contribution in [3.63, 3.8) is 0 Å². The number of ether oxygens (including phenoxy) is 1. The molecule has 33 heavy (non-hydrogen) atoms. The summed E-state index contributed by atoms with van der Waals surface area (Å²) in [5, 5.41) is 20.9. The van der Waals surface area contributed by atoms with Crippen LogP contribution in [0.2, 0.25) is 0 Å². The van der Waals surface area contributed by atoms with Gasteiger partial charge in [-0.1, -0.05) is 26.0 Å². The summed E-state index contributed by atoms with van der Waals surface area (Å²) >= 11 is 0. The highest BCUT2D eigenvalue weighted by molar-refractivity contribution is 6.46. The Kier molecular flexibility index (Phi) is 7.43. The van der Waals surface area contributed by atoms with Crippen molar-refractivity contribution < 1.29 is 24.5 Å². The number of aromatic hydroxyl groups is 1. The van der Waals surface area contributed by atoms with E-state index in [1.165, 1.54) is 17.0 Å². The van der Waals surface area contributed by atoms with Gasteiger partial charge in [-0.15, -0.1) is 0 Å². The Morgan fingerprint density at radius 1 is 1.12 bits per heavy atom. The van der Waals surface area contributed by atoms with E-state index in [2.05, 4.69) is 13.8 Å². The van der Waals surface area contributed by atoms with Gasteiger partial charge in [0.15, 0.2) is 0 Å². The van der Waals surface area contributed by atoms with E-state index < -0.39 is 17.7 Å². The molecule has 2 aromatic carbocycles. The number of hydrogen-bond acceptors (Lipinski definition) is 6. The number of likely N-dealkylation sites (tertiary alicyclic amines) is 1.